The topological polar surface area (TPSA) is 0 Å². The predicted molar refractivity (Wildman–Crippen MR) is 214 cm³/mol. The quantitative estimate of drug-likeness (QED) is 0.156. The van der Waals surface area contributed by atoms with Gasteiger partial charge in [-0.05, 0) is 28.4 Å². The van der Waals surface area contributed by atoms with E-state index >= 15 is 0 Å². The Kier molecular flexibility index (Phi) is 16.2. The van der Waals surface area contributed by atoms with Gasteiger partial charge in [-0.1, -0.05) is 85.1 Å². The van der Waals surface area contributed by atoms with Gasteiger partial charge in [-0.25, -0.2) is 11.1 Å². The Morgan fingerprint density at radius 3 is 1.65 bits per heavy atom. The summed E-state index contributed by atoms with van der Waals surface area (Å²) in [5, 5.41) is 1.57. The Morgan fingerprint density at radius 1 is 0.708 bits per heavy atom. The van der Waals surface area contributed by atoms with Crippen LogP contribution in [0.2, 0.25) is 10.0 Å². The summed E-state index contributed by atoms with van der Waals surface area (Å²) in [5.74, 6) is 0.551. The third kappa shape index (κ3) is 12.2. The fourth-order valence-electron chi connectivity index (χ4n) is 5.38. The van der Waals surface area contributed by atoms with E-state index in [1.54, 1.807) is 0 Å². The van der Waals surface area contributed by atoms with Gasteiger partial charge in [0.05, 0.1) is 0 Å². The first-order valence-corrected chi connectivity index (χ1v) is 19.6. The second-order valence-corrected chi connectivity index (χ2v) is 17.4. The molecule has 254 valence electrons. The van der Waals surface area contributed by atoms with Gasteiger partial charge < -0.3 is 0 Å². The molecule has 4 aromatic carbocycles. The molecule has 0 amide bonds. The number of fused-ring (bicyclic) bond motifs is 3. The first kappa shape index (κ1) is 42.3. The van der Waals surface area contributed by atoms with Gasteiger partial charge in [0, 0.05) is 0 Å². The molecule has 48 heavy (non-hydrogen) atoms. The predicted octanol–water partition coefficient (Wildman–Crippen LogP) is 12.9. The molecule has 0 aromatic heterocycles. The molecule has 4 aromatic rings. The Labute approximate surface area is 323 Å². The van der Waals surface area contributed by atoms with Crippen LogP contribution in [-0.2, 0) is 39.5 Å². The van der Waals surface area contributed by atoms with E-state index in [0.29, 0.717) is 5.92 Å². The van der Waals surface area contributed by atoms with Crippen molar-refractivity contribution in [3.8, 4) is 11.1 Å². The van der Waals surface area contributed by atoms with Crippen LogP contribution in [0.5, 0.6) is 0 Å². The fourth-order valence-corrected chi connectivity index (χ4v) is 7.73. The van der Waals surface area contributed by atoms with Crippen molar-refractivity contribution in [1.29, 1.82) is 0 Å². The van der Waals surface area contributed by atoms with Crippen LogP contribution in [-0.4, -0.2) is 7.42 Å². The van der Waals surface area contributed by atoms with E-state index in [0.717, 1.165) is 16.5 Å². The normalized spacial score (nSPS) is 14.1. The zero-order valence-corrected chi connectivity index (χ0v) is 35.2. The Hall–Kier alpha value is -1.86. The van der Waals surface area contributed by atoms with Crippen LogP contribution in [0.15, 0.2) is 96.1 Å². The second kappa shape index (κ2) is 18.4. The Balaban J connectivity index is 0.000000267. The molecule has 0 radical (unpaired) electrons. The van der Waals surface area contributed by atoms with Gasteiger partial charge in [-0.2, -0.15) is 29.8 Å². The van der Waals surface area contributed by atoms with Gasteiger partial charge in [0.15, 0.2) is 0 Å². The van der Waals surface area contributed by atoms with E-state index in [-0.39, 0.29) is 35.6 Å². The van der Waals surface area contributed by atoms with E-state index in [4.69, 9.17) is 23.2 Å². The van der Waals surface area contributed by atoms with Crippen molar-refractivity contribution >= 4 is 55.4 Å². The van der Waals surface area contributed by atoms with Crippen molar-refractivity contribution in [3.63, 3.8) is 0 Å². The monoisotopic (exact) mass is 794 g/mol. The first-order valence-electron chi connectivity index (χ1n) is 16.0. The summed E-state index contributed by atoms with van der Waals surface area (Å²) in [6.07, 6.45) is 6.55. The molecule has 2 aliphatic rings. The molecule has 0 saturated heterocycles. The fraction of sp³-hybridized carbons (Fsp3) is 0.302. The SMILES string of the molecule is CC(C)(C)c1[c-]c2c(cc1)-c1ccc(C(C)(C)C)cc1C2.CC1=[C-]C(C)C=C1C.Cl.Cl.Clc1ccc([CH]=[Zr]=[CH]c2ccc(Cl)cc2)cc1. The van der Waals surface area contributed by atoms with Gasteiger partial charge in [-0.15, -0.1) is 42.9 Å². The van der Waals surface area contributed by atoms with Crippen molar-refractivity contribution in [1.82, 2.24) is 0 Å². The summed E-state index contributed by atoms with van der Waals surface area (Å²) in [7, 11) is 0. The van der Waals surface area contributed by atoms with Crippen LogP contribution in [0.3, 0.4) is 0 Å². The molecule has 1 atom stereocenters. The van der Waals surface area contributed by atoms with E-state index in [2.05, 4.69) is 143 Å². The van der Waals surface area contributed by atoms with Gasteiger partial charge in [0.25, 0.3) is 0 Å². The molecule has 5 heteroatoms. The molecule has 0 heterocycles. The van der Waals surface area contributed by atoms with Crippen LogP contribution >= 0.6 is 48.0 Å². The summed E-state index contributed by atoms with van der Waals surface area (Å²) in [5.41, 5.74) is 13.9. The van der Waals surface area contributed by atoms with Gasteiger partial charge in [0.2, 0.25) is 0 Å². The van der Waals surface area contributed by atoms with Gasteiger partial charge in [-0.3, -0.25) is 6.08 Å². The number of allylic oxidation sites excluding steroid dienone is 4. The summed E-state index contributed by atoms with van der Waals surface area (Å²) >= 11 is 11.0. The van der Waals surface area contributed by atoms with Crippen molar-refractivity contribution in [3.05, 3.63) is 152 Å². The zero-order valence-electron chi connectivity index (χ0n) is 29.6. The number of benzene rings is 4. The minimum absolute atomic E-state index is 0. The molecule has 6 rings (SSSR count). The number of halogens is 4. The Morgan fingerprint density at radius 2 is 1.23 bits per heavy atom. The van der Waals surface area contributed by atoms with E-state index in [1.165, 1.54) is 55.7 Å². The van der Waals surface area contributed by atoms with Gasteiger partial charge in [0.1, 0.15) is 0 Å². The van der Waals surface area contributed by atoms with Crippen LogP contribution in [0.4, 0.5) is 0 Å². The second-order valence-electron chi connectivity index (χ2n) is 14.3. The maximum atomic E-state index is 5.84. The molecule has 0 N–H and O–H groups in total. The average molecular weight is 798 g/mol. The third-order valence-electron chi connectivity index (χ3n) is 8.24. The van der Waals surface area contributed by atoms with Crippen molar-refractivity contribution < 1.29 is 22.3 Å². The molecule has 0 spiro atoms. The van der Waals surface area contributed by atoms with Crippen LogP contribution in [0.25, 0.3) is 11.1 Å². The molecule has 0 nitrogen and oxygen atoms in total. The number of hydrogen-bond acceptors (Lipinski definition) is 0. The molecule has 0 fully saturated rings. The van der Waals surface area contributed by atoms with Crippen molar-refractivity contribution in [2.75, 3.05) is 0 Å². The van der Waals surface area contributed by atoms with Crippen molar-refractivity contribution in [2.45, 2.75) is 79.6 Å². The first-order chi connectivity index (χ1) is 21.6. The van der Waals surface area contributed by atoms with E-state index < -0.39 is 22.3 Å². The van der Waals surface area contributed by atoms with E-state index in [9.17, 15) is 0 Å². The van der Waals surface area contributed by atoms with Crippen LogP contribution in [0, 0.1) is 18.1 Å². The maximum absolute atomic E-state index is 5.84. The van der Waals surface area contributed by atoms with Crippen LogP contribution in [0.1, 0.15) is 95.7 Å². The minimum atomic E-state index is -0.623. The van der Waals surface area contributed by atoms with E-state index in [1.807, 2.05) is 24.3 Å². The van der Waals surface area contributed by atoms with Crippen LogP contribution < -0.4 is 0 Å². The molecular weight excluding hydrogens is 750 g/mol. The standard InChI is InChI=1S/C21H25.C8H11.2C7H5Cl.2ClH.Zr/c1-20(2,3)16-7-9-18-14(12-16)11-15-13-17(21(4,5)6)8-10-19(15)18;1-6-4-7(2)8(3)5-6;2*1-6-2-4-7(8)5-3-6;;;/h7-10,12H,11H2,1-6H3;4,6H,1-3H3;2*1-5H;2*1H;/q2*-1;;;;;. The van der Waals surface area contributed by atoms with Gasteiger partial charge >= 0.3 is 123 Å². The number of hydrogen-bond donors (Lipinski definition) is 0. The summed E-state index contributed by atoms with van der Waals surface area (Å²) < 4.78 is 4.66. The summed E-state index contributed by atoms with van der Waals surface area (Å²) in [4.78, 5) is 0. The summed E-state index contributed by atoms with van der Waals surface area (Å²) in [6.45, 7) is 20.0. The number of rotatable bonds is 2. The molecule has 2 aliphatic carbocycles. The molecule has 0 aliphatic heterocycles. The third-order valence-corrected chi connectivity index (χ3v) is 11.2. The zero-order chi connectivity index (χ0) is 33.6. The molecule has 0 bridgehead atoms. The Bertz CT molecular complexity index is 1660. The average Bonchev–Trinajstić information content (AvgIpc) is 3.51. The summed E-state index contributed by atoms with van der Waals surface area (Å²) in [6, 6.07) is 31.1. The van der Waals surface area contributed by atoms with Crippen molar-refractivity contribution in [2.24, 2.45) is 5.92 Å². The molecule has 0 saturated carbocycles. The molecular formula is C43H48Cl4Zr-2. The molecule has 1 unspecified atom stereocenters.